The molecule has 0 amide bonds. The lowest BCUT2D eigenvalue weighted by Crippen LogP contribution is -2.19. The predicted octanol–water partition coefficient (Wildman–Crippen LogP) is 2.95. The van der Waals surface area contributed by atoms with Crippen molar-refractivity contribution in [2.45, 2.75) is 13.5 Å². The number of ether oxygens (including phenoxy) is 1. The van der Waals surface area contributed by atoms with E-state index in [2.05, 4.69) is 44.2 Å². The molecule has 2 rings (SSSR count). The highest BCUT2D eigenvalue weighted by Gasteiger charge is 2.06. The average molecular weight is 336 g/mol. The van der Waals surface area contributed by atoms with Gasteiger partial charge < -0.3 is 10.1 Å². The van der Waals surface area contributed by atoms with Crippen molar-refractivity contribution in [1.82, 2.24) is 15.3 Å². The molecule has 1 aromatic carbocycles. The first-order valence-corrected chi connectivity index (χ1v) is 7.28. The zero-order valence-electron chi connectivity index (χ0n) is 11.7. The van der Waals surface area contributed by atoms with E-state index in [1.54, 1.807) is 13.3 Å². The van der Waals surface area contributed by atoms with Gasteiger partial charge in [-0.25, -0.2) is 9.97 Å². The summed E-state index contributed by atoms with van der Waals surface area (Å²) in [4.78, 5) is 8.97. The Morgan fingerprint density at radius 3 is 2.90 bits per heavy atom. The summed E-state index contributed by atoms with van der Waals surface area (Å²) in [6, 6.07) is 8.05. The topological polar surface area (TPSA) is 47.0 Å². The normalized spacial score (nSPS) is 10.8. The molecule has 106 valence electrons. The van der Waals surface area contributed by atoms with Crippen molar-refractivity contribution in [3.8, 4) is 11.4 Å². The number of hydrogen-bond donors (Lipinski definition) is 1. The first kappa shape index (κ1) is 15.1. The molecule has 1 heterocycles. The summed E-state index contributed by atoms with van der Waals surface area (Å²) in [7, 11) is 1.70. The molecule has 0 fully saturated rings. The fraction of sp³-hybridized carbons (Fsp3) is 0.333. The van der Waals surface area contributed by atoms with E-state index in [4.69, 9.17) is 4.74 Å². The predicted molar refractivity (Wildman–Crippen MR) is 83.5 cm³/mol. The largest absolute Gasteiger partial charge is 0.383 e. The maximum Gasteiger partial charge on any atom is 0.159 e. The molecule has 20 heavy (non-hydrogen) atoms. The molecule has 0 aliphatic rings. The van der Waals surface area contributed by atoms with E-state index in [9.17, 15) is 0 Å². The van der Waals surface area contributed by atoms with Gasteiger partial charge in [0.15, 0.2) is 5.82 Å². The average Bonchev–Trinajstić information content (AvgIpc) is 2.44. The van der Waals surface area contributed by atoms with Gasteiger partial charge in [-0.2, -0.15) is 0 Å². The van der Waals surface area contributed by atoms with Crippen molar-refractivity contribution in [2.75, 3.05) is 20.3 Å². The molecule has 0 unspecified atom stereocenters. The van der Waals surface area contributed by atoms with Gasteiger partial charge >= 0.3 is 0 Å². The van der Waals surface area contributed by atoms with Crippen LogP contribution in [0.1, 0.15) is 11.3 Å². The summed E-state index contributed by atoms with van der Waals surface area (Å²) in [6.45, 7) is 4.29. The molecule has 5 heteroatoms. The first-order valence-electron chi connectivity index (χ1n) is 6.49. The molecule has 0 bridgehead atoms. The zero-order chi connectivity index (χ0) is 14.4. The van der Waals surface area contributed by atoms with Gasteiger partial charge in [-0.15, -0.1) is 0 Å². The molecule has 0 saturated heterocycles. The Bertz CT molecular complexity index is 575. The highest BCUT2D eigenvalue weighted by molar-refractivity contribution is 9.10. The van der Waals surface area contributed by atoms with Crippen LogP contribution in [-0.4, -0.2) is 30.2 Å². The minimum atomic E-state index is 0.698. The molecular formula is C15H18BrN3O. The van der Waals surface area contributed by atoms with Crippen molar-refractivity contribution in [1.29, 1.82) is 0 Å². The number of nitrogens with zero attached hydrogens (tertiary/aromatic N) is 2. The number of hydrogen-bond acceptors (Lipinski definition) is 4. The summed E-state index contributed by atoms with van der Waals surface area (Å²) in [6.07, 6.45) is 1.80. The number of nitrogens with one attached hydrogen (secondary N) is 1. The van der Waals surface area contributed by atoms with E-state index in [-0.39, 0.29) is 0 Å². The minimum absolute atomic E-state index is 0.698. The molecule has 1 N–H and O–H groups in total. The standard InChI is InChI=1S/C15H18BrN3O/c1-11-9-12(16)3-4-14(11)15-18-6-5-13(19-15)10-17-7-8-20-2/h3-6,9,17H,7-8,10H2,1-2H3. The monoisotopic (exact) mass is 335 g/mol. The Hall–Kier alpha value is -1.30. The van der Waals surface area contributed by atoms with Gasteiger partial charge in [0.2, 0.25) is 0 Å². The summed E-state index contributed by atoms with van der Waals surface area (Å²) in [5, 5.41) is 3.28. The molecule has 0 atom stereocenters. The van der Waals surface area contributed by atoms with Crippen LogP contribution in [0.15, 0.2) is 34.9 Å². The first-order chi connectivity index (χ1) is 9.70. The van der Waals surface area contributed by atoms with E-state index in [0.29, 0.717) is 13.2 Å². The molecule has 0 aliphatic carbocycles. The maximum atomic E-state index is 5.00. The van der Waals surface area contributed by atoms with Gasteiger partial charge in [-0.05, 0) is 36.8 Å². The number of rotatable bonds is 6. The van der Waals surface area contributed by atoms with Gasteiger partial charge in [0, 0.05) is 36.4 Å². The lowest BCUT2D eigenvalue weighted by atomic mass is 10.1. The second kappa shape index (κ2) is 7.47. The van der Waals surface area contributed by atoms with Crippen LogP contribution in [0.3, 0.4) is 0 Å². The maximum absolute atomic E-state index is 5.00. The van der Waals surface area contributed by atoms with Crippen molar-refractivity contribution in [3.05, 3.63) is 46.2 Å². The number of methoxy groups -OCH3 is 1. The van der Waals surface area contributed by atoms with Crippen LogP contribution in [0.25, 0.3) is 11.4 Å². The Kier molecular flexibility index (Phi) is 5.64. The fourth-order valence-corrected chi connectivity index (χ4v) is 2.37. The molecule has 2 aromatic rings. The van der Waals surface area contributed by atoms with E-state index in [1.807, 2.05) is 18.2 Å². The van der Waals surface area contributed by atoms with Crippen molar-refractivity contribution < 1.29 is 4.74 Å². The molecule has 0 radical (unpaired) electrons. The van der Waals surface area contributed by atoms with Crippen molar-refractivity contribution in [3.63, 3.8) is 0 Å². The summed E-state index contributed by atoms with van der Waals surface area (Å²) < 4.78 is 6.07. The lowest BCUT2D eigenvalue weighted by Gasteiger charge is -2.08. The SMILES string of the molecule is COCCNCc1ccnc(-c2ccc(Br)cc2C)n1. The number of aromatic nitrogens is 2. The van der Waals surface area contributed by atoms with Gasteiger partial charge in [0.05, 0.1) is 12.3 Å². The number of benzene rings is 1. The second-order valence-electron chi connectivity index (χ2n) is 4.50. The van der Waals surface area contributed by atoms with Crippen LogP contribution in [0.4, 0.5) is 0 Å². The van der Waals surface area contributed by atoms with E-state index >= 15 is 0 Å². The third kappa shape index (κ3) is 4.10. The minimum Gasteiger partial charge on any atom is -0.383 e. The number of halogens is 1. The van der Waals surface area contributed by atoms with Crippen LogP contribution in [-0.2, 0) is 11.3 Å². The Morgan fingerprint density at radius 1 is 1.30 bits per heavy atom. The molecule has 0 spiro atoms. The highest BCUT2D eigenvalue weighted by atomic mass is 79.9. The molecule has 0 aliphatic heterocycles. The van der Waals surface area contributed by atoms with Gasteiger partial charge in [-0.3, -0.25) is 0 Å². The summed E-state index contributed by atoms with van der Waals surface area (Å²) >= 11 is 3.47. The Labute approximate surface area is 127 Å². The third-order valence-corrected chi connectivity index (χ3v) is 3.42. The van der Waals surface area contributed by atoms with E-state index < -0.39 is 0 Å². The second-order valence-corrected chi connectivity index (χ2v) is 5.42. The molecule has 4 nitrogen and oxygen atoms in total. The van der Waals surface area contributed by atoms with Crippen LogP contribution >= 0.6 is 15.9 Å². The fourth-order valence-electron chi connectivity index (χ4n) is 1.89. The van der Waals surface area contributed by atoms with Crippen LogP contribution < -0.4 is 5.32 Å². The van der Waals surface area contributed by atoms with Crippen LogP contribution in [0.2, 0.25) is 0 Å². The van der Waals surface area contributed by atoms with Gasteiger partial charge in [0.1, 0.15) is 0 Å². The van der Waals surface area contributed by atoms with Crippen molar-refractivity contribution in [2.24, 2.45) is 0 Å². The van der Waals surface area contributed by atoms with Crippen molar-refractivity contribution >= 4 is 15.9 Å². The van der Waals surface area contributed by atoms with Gasteiger partial charge in [0.25, 0.3) is 0 Å². The Balaban J connectivity index is 2.12. The molecule has 0 saturated carbocycles. The molecule has 1 aromatic heterocycles. The quantitative estimate of drug-likeness (QED) is 0.824. The lowest BCUT2D eigenvalue weighted by molar-refractivity contribution is 0.199. The van der Waals surface area contributed by atoms with E-state index in [1.165, 1.54) is 0 Å². The highest BCUT2D eigenvalue weighted by Crippen LogP contribution is 2.23. The molecular weight excluding hydrogens is 318 g/mol. The van der Waals surface area contributed by atoms with Crippen LogP contribution in [0, 0.1) is 6.92 Å². The smallest absolute Gasteiger partial charge is 0.159 e. The van der Waals surface area contributed by atoms with Crippen LogP contribution in [0.5, 0.6) is 0 Å². The third-order valence-electron chi connectivity index (χ3n) is 2.93. The summed E-state index contributed by atoms with van der Waals surface area (Å²) in [5.74, 6) is 0.765. The summed E-state index contributed by atoms with van der Waals surface area (Å²) in [5.41, 5.74) is 3.20. The zero-order valence-corrected chi connectivity index (χ0v) is 13.3. The Morgan fingerprint density at radius 2 is 2.15 bits per heavy atom. The van der Waals surface area contributed by atoms with Gasteiger partial charge in [-0.1, -0.05) is 15.9 Å². The van der Waals surface area contributed by atoms with E-state index in [0.717, 1.165) is 33.7 Å². The number of aryl methyl sites for hydroxylation is 1.